The van der Waals surface area contributed by atoms with E-state index in [9.17, 15) is 9.59 Å². The molecule has 0 fully saturated rings. The first-order valence-electron chi connectivity index (χ1n) is 7.36. The van der Waals surface area contributed by atoms with Gasteiger partial charge in [-0.1, -0.05) is 30.3 Å². The van der Waals surface area contributed by atoms with E-state index in [1.807, 2.05) is 37.3 Å². The average molecular weight is 316 g/mol. The van der Waals surface area contributed by atoms with Gasteiger partial charge in [0.15, 0.2) is 0 Å². The Kier molecular flexibility index (Phi) is 5.51. The molecule has 122 valence electrons. The Hall–Kier alpha value is -2.63. The summed E-state index contributed by atoms with van der Waals surface area (Å²) >= 11 is 0. The number of hydrogen-bond donors (Lipinski definition) is 0. The molecule has 0 saturated heterocycles. The summed E-state index contributed by atoms with van der Waals surface area (Å²) in [7, 11) is 1.30. The van der Waals surface area contributed by atoms with Crippen LogP contribution in [0.4, 0.5) is 0 Å². The van der Waals surface area contributed by atoms with Crippen LogP contribution in [0.15, 0.2) is 42.9 Å². The number of imidazole rings is 1. The molecule has 2 rings (SSSR count). The Balaban J connectivity index is 2.08. The molecule has 0 amide bonds. The van der Waals surface area contributed by atoms with Gasteiger partial charge in [0.05, 0.1) is 31.6 Å². The lowest BCUT2D eigenvalue weighted by Gasteiger charge is -2.17. The highest BCUT2D eigenvalue weighted by atomic mass is 16.5. The van der Waals surface area contributed by atoms with Crippen LogP contribution >= 0.6 is 0 Å². The van der Waals surface area contributed by atoms with Crippen LogP contribution in [-0.4, -0.2) is 35.2 Å². The van der Waals surface area contributed by atoms with Gasteiger partial charge in [0, 0.05) is 0 Å². The van der Waals surface area contributed by atoms with Gasteiger partial charge in [-0.15, -0.1) is 0 Å². The lowest BCUT2D eigenvalue weighted by molar-refractivity contribution is -0.146. The summed E-state index contributed by atoms with van der Waals surface area (Å²) in [5, 5.41) is 0. The van der Waals surface area contributed by atoms with Crippen molar-refractivity contribution in [2.24, 2.45) is 5.92 Å². The molecule has 0 unspecified atom stereocenters. The summed E-state index contributed by atoms with van der Waals surface area (Å²) < 4.78 is 11.6. The van der Waals surface area contributed by atoms with Gasteiger partial charge in [0.1, 0.15) is 12.3 Å². The first-order valence-corrected chi connectivity index (χ1v) is 7.36. The predicted octanol–water partition coefficient (Wildman–Crippen LogP) is 2.46. The van der Waals surface area contributed by atoms with Crippen molar-refractivity contribution in [3.8, 4) is 0 Å². The normalized spacial score (nSPS) is 13.2. The second-order valence-electron chi connectivity index (χ2n) is 5.30. The molecule has 6 heteroatoms. The van der Waals surface area contributed by atoms with Crippen LogP contribution in [0.3, 0.4) is 0 Å². The summed E-state index contributed by atoms with van der Waals surface area (Å²) in [6.07, 6.45) is 3.06. The summed E-state index contributed by atoms with van der Waals surface area (Å²) in [6, 6.07) is 9.74. The number of rotatable bonds is 6. The van der Waals surface area contributed by atoms with E-state index < -0.39 is 17.9 Å². The molecular formula is C17H20N2O4. The van der Waals surface area contributed by atoms with Crippen molar-refractivity contribution in [3.63, 3.8) is 0 Å². The van der Waals surface area contributed by atoms with Gasteiger partial charge in [-0.3, -0.25) is 4.79 Å². The number of carbonyl (C=O) groups is 2. The van der Waals surface area contributed by atoms with Crippen molar-refractivity contribution >= 4 is 11.9 Å². The third kappa shape index (κ3) is 3.97. The lowest BCUT2D eigenvalue weighted by Crippen LogP contribution is -2.22. The van der Waals surface area contributed by atoms with E-state index in [2.05, 4.69) is 9.72 Å². The zero-order valence-corrected chi connectivity index (χ0v) is 13.4. The predicted molar refractivity (Wildman–Crippen MR) is 83.9 cm³/mol. The molecule has 0 spiro atoms. The fourth-order valence-electron chi connectivity index (χ4n) is 2.21. The van der Waals surface area contributed by atoms with Crippen LogP contribution in [0.2, 0.25) is 0 Å². The van der Waals surface area contributed by atoms with Crippen LogP contribution in [0, 0.1) is 5.92 Å². The molecule has 6 nitrogen and oxygen atoms in total. The van der Waals surface area contributed by atoms with Crippen molar-refractivity contribution in [1.82, 2.24) is 9.55 Å². The zero-order valence-electron chi connectivity index (χ0n) is 13.4. The van der Waals surface area contributed by atoms with E-state index in [1.165, 1.54) is 13.3 Å². The van der Waals surface area contributed by atoms with Crippen molar-refractivity contribution in [1.29, 1.82) is 0 Å². The largest absolute Gasteiger partial charge is 0.469 e. The molecule has 0 aliphatic rings. The maximum Gasteiger partial charge on any atom is 0.356 e. The van der Waals surface area contributed by atoms with Gasteiger partial charge in [0.2, 0.25) is 0 Å². The second kappa shape index (κ2) is 7.58. The second-order valence-corrected chi connectivity index (χ2v) is 5.30. The topological polar surface area (TPSA) is 70.4 Å². The van der Waals surface area contributed by atoms with Crippen LogP contribution in [0.5, 0.6) is 0 Å². The fourth-order valence-corrected chi connectivity index (χ4v) is 2.21. The highest BCUT2D eigenvalue weighted by molar-refractivity contribution is 5.87. The van der Waals surface area contributed by atoms with E-state index in [0.717, 1.165) is 5.56 Å². The minimum absolute atomic E-state index is 0.0313. The molecule has 0 aliphatic heterocycles. The zero-order chi connectivity index (χ0) is 16.8. The number of aromatic nitrogens is 2. The number of ether oxygens (including phenoxy) is 2. The number of hydrogen-bond acceptors (Lipinski definition) is 5. The molecule has 0 radical (unpaired) electrons. The minimum Gasteiger partial charge on any atom is -0.469 e. The molecule has 0 aliphatic carbocycles. The number of benzene rings is 1. The van der Waals surface area contributed by atoms with Crippen molar-refractivity contribution < 1.29 is 19.1 Å². The quantitative estimate of drug-likeness (QED) is 0.766. The third-order valence-electron chi connectivity index (χ3n) is 3.64. The van der Waals surface area contributed by atoms with E-state index in [4.69, 9.17) is 4.74 Å². The van der Waals surface area contributed by atoms with Gasteiger partial charge < -0.3 is 14.0 Å². The monoisotopic (exact) mass is 316 g/mol. The van der Waals surface area contributed by atoms with Gasteiger partial charge in [-0.05, 0) is 19.4 Å². The fraction of sp³-hybridized carbons (Fsp3) is 0.353. The summed E-state index contributed by atoms with van der Waals surface area (Å²) in [4.78, 5) is 27.6. The maximum atomic E-state index is 12.2. The minimum atomic E-state index is -0.513. The number of carbonyl (C=O) groups excluding carboxylic acids is 2. The Morgan fingerprint density at radius 2 is 1.91 bits per heavy atom. The molecule has 0 saturated carbocycles. The van der Waals surface area contributed by atoms with E-state index in [1.54, 1.807) is 17.8 Å². The van der Waals surface area contributed by atoms with Crippen molar-refractivity contribution in [3.05, 3.63) is 54.1 Å². The van der Waals surface area contributed by atoms with Gasteiger partial charge in [-0.25, -0.2) is 9.78 Å². The summed E-state index contributed by atoms with van der Waals surface area (Å²) in [5.41, 5.74) is 1.40. The molecule has 0 bridgehead atoms. The maximum absolute atomic E-state index is 12.2. The Labute approximate surface area is 135 Å². The van der Waals surface area contributed by atoms with Crippen molar-refractivity contribution in [2.75, 3.05) is 13.7 Å². The highest BCUT2D eigenvalue weighted by Crippen LogP contribution is 2.19. The van der Waals surface area contributed by atoms with Crippen LogP contribution in [0.1, 0.15) is 35.9 Å². The Bertz CT molecular complexity index is 666. The summed E-state index contributed by atoms with van der Waals surface area (Å²) in [6.45, 7) is 3.59. The summed E-state index contributed by atoms with van der Waals surface area (Å²) in [5.74, 6) is -1.43. The SMILES string of the molecule is COC(=O)[C@H](C)COC(=O)c1cncn1[C@H](C)c1ccccc1. The average Bonchev–Trinajstić information content (AvgIpc) is 3.08. The molecular weight excluding hydrogens is 296 g/mol. The van der Waals surface area contributed by atoms with Crippen LogP contribution < -0.4 is 0 Å². The van der Waals surface area contributed by atoms with Crippen LogP contribution in [-0.2, 0) is 14.3 Å². The lowest BCUT2D eigenvalue weighted by atomic mass is 10.1. The Morgan fingerprint density at radius 1 is 1.22 bits per heavy atom. The molecule has 1 heterocycles. The Morgan fingerprint density at radius 3 is 2.57 bits per heavy atom. The third-order valence-corrected chi connectivity index (χ3v) is 3.64. The highest BCUT2D eigenvalue weighted by Gasteiger charge is 2.21. The van der Waals surface area contributed by atoms with Gasteiger partial charge >= 0.3 is 11.9 Å². The molecule has 23 heavy (non-hydrogen) atoms. The standard InChI is InChI=1S/C17H20N2O4/c1-12(16(20)22-3)10-23-17(21)15-9-18-11-19(15)13(2)14-7-5-4-6-8-14/h4-9,11-13H,10H2,1-3H3/t12-,13-/m1/s1. The van der Waals surface area contributed by atoms with Gasteiger partial charge in [0.25, 0.3) is 0 Å². The van der Waals surface area contributed by atoms with E-state index >= 15 is 0 Å². The smallest absolute Gasteiger partial charge is 0.356 e. The molecule has 1 aromatic heterocycles. The van der Waals surface area contributed by atoms with E-state index in [-0.39, 0.29) is 12.6 Å². The molecule has 1 aromatic carbocycles. The molecule has 2 aromatic rings. The number of nitrogens with zero attached hydrogens (tertiary/aromatic N) is 2. The van der Waals surface area contributed by atoms with Crippen molar-refractivity contribution in [2.45, 2.75) is 19.9 Å². The first-order chi connectivity index (χ1) is 11.0. The van der Waals surface area contributed by atoms with Crippen LogP contribution in [0.25, 0.3) is 0 Å². The molecule has 2 atom stereocenters. The molecule has 0 N–H and O–H groups in total. The van der Waals surface area contributed by atoms with E-state index in [0.29, 0.717) is 5.69 Å². The number of methoxy groups -OCH3 is 1. The number of esters is 2. The first kappa shape index (κ1) is 16.7. The van der Waals surface area contributed by atoms with Gasteiger partial charge in [-0.2, -0.15) is 0 Å².